The van der Waals surface area contributed by atoms with Crippen LogP contribution in [0.4, 0.5) is 4.39 Å². The highest BCUT2D eigenvalue weighted by Gasteiger charge is 2.27. The second-order valence-corrected chi connectivity index (χ2v) is 3.79. The number of alkyl halides is 1. The maximum atomic E-state index is 13.8. The molecule has 72 valence electrons. The molecule has 1 rings (SSSR count). The molecule has 4 heteroatoms. The summed E-state index contributed by atoms with van der Waals surface area (Å²) in [5.41, 5.74) is -1.15. The van der Waals surface area contributed by atoms with E-state index in [2.05, 4.69) is 20.9 Å². The van der Waals surface area contributed by atoms with Gasteiger partial charge in [0.1, 0.15) is 4.60 Å². The summed E-state index contributed by atoms with van der Waals surface area (Å²) in [4.78, 5) is 4.03. The number of ether oxygens (including phenoxy) is 1. The molecule has 1 aromatic rings. The molecular weight excluding hydrogens is 237 g/mol. The van der Waals surface area contributed by atoms with Crippen molar-refractivity contribution in [1.29, 1.82) is 0 Å². The number of halogens is 2. The second-order valence-electron chi connectivity index (χ2n) is 2.98. The van der Waals surface area contributed by atoms with Crippen LogP contribution in [0.15, 0.2) is 22.8 Å². The Morgan fingerprint density at radius 3 is 2.85 bits per heavy atom. The minimum absolute atomic E-state index is 0.0104. The van der Waals surface area contributed by atoms with Gasteiger partial charge in [-0.15, -0.1) is 0 Å². The van der Waals surface area contributed by atoms with Gasteiger partial charge < -0.3 is 4.74 Å². The van der Waals surface area contributed by atoms with E-state index < -0.39 is 5.67 Å². The van der Waals surface area contributed by atoms with E-state index in [1.807, 2.05) is 0 Å². The third kappa shape index (κ3) is 2.74. The highest BCUT2D eigenvalue weighted by atomic mass is 79.9. The molecule has 0 bridgehead atoms. The van der Waals surface area contributed by atoms with Gasteiger partial charge in [0.2, 0.25) is 0 Å². The summed E-state index contributed by atoms with van der Waals surface area (Å²) in [6, 6.07) is 5.15. The van der Waals surface area contributed by atoms with Crippen LogP contribution >= 0.6 is 15.9 Å². The van der Waals surface area contributed by atoms with Crippen LogP contribution in [0.2, 0.25) is 0 Å². The minimum Gasteiger partial charge on any atom is -0.381 e. The third-order valence-electron chi connectivity index (χ3n) is 1.66. The molecule has 1 aromatic heterocycles. The molecule has 0 N–H and O–H groups in total. The summed E-state index contributed by atoms with van der Waals surface area (Å²) >= 11 is 3.19. The molecule has 0 aliphatic rings. The molecule has 1 atom stereocenters. The largest absolute Gasteiger partial charge is 0.381 e. The summed E-state index contributed by atoms with van der Waals surface area (Å²) in [6.45, 7) is 1.46. The standard InChI is InChI=1S/C9H11BrFNO/c1-9(11,6-13-2)7-4-3-5-8(10)12-7/h3-5H,6H2,1-2H3. The molecule has 2 nitrogen and oxygen atoms in total. The Bertz CT molecular complexity index is 291. The van der Waals surface area contributed by atoms with Gasteiger partial charge in [0.25, 0.3) is 0 Å². The highest BCUT2D eigenvalue weighted by molar-refractivity contribution is 9.10. The molecule has 0 radical (unpaired) electrons. The predicted octanol–water partition coefficient (Wildman–Crippen LogP) is 2.68. The van der Waals surface area contributed by atoms with Gasteiger partial charge in [0.05, 0.1) is 12.3 Å². The van der Waals surface area contributed by atoms with Crippen molar-refractivity contribution in [1.82, 2.24) is 4.98 Å². The molecule has 0 aliphatic heterocycles. The van der Waals surface area contributed by atoms with E-state index in [1.165, 1.54) is 14.0 Å². The Kier molecular flexibility index (Phi) is 3.39. The molecular formula is C9H11BrFNO. The summed E-state index contributed by atoms with van der Waals surface area (Å²) in [5.74, 6) is 0. The van der Waals surface area contributed by atoms with Crippen molar-refractivity contribution in [2.75, 3.05) is 13.7 Å². The maximum absolute atomic E-state index is 13.8. The first-order chi connectivity index (χ1) is 6.06. The molecule has 0 fully saturated rings. The lowest BCUT2D eigenvalue weighted by molar-refractivity contribution is 0.0495. The van der Waals surface area contributed by atoms with E-state index in [9.17, 15) is 4.39 Å². The quantitative estimate of drug-likeness (QED) is 0.767. The first-order valence-corrected chi connectivity index (χ1v) is 4.66. The topological polar surface area (TPSA) is 22.1 Å². The number of rotatable bonds is 3. The van der Waals surface area contributed by atoms with E-state index in [0.29, 0.717) is 10.3 Å². The zero-order valence-corrected chi connectivity index (χ0v) is 9.14. The van der Waals surface area contributed by atoms with Gasteiger partial charge in [0.15, 0.2) is 5.67 Å². The van der Waals surface area contributed by atoms with E-state index in [4.69, 9.17) is 4.74 Å². The van der Waals surface area contributed by atoms with Crippen molar-refractivity contribution in [3.63, 3.8) is 0 Å². The monoisotopic (exact) mass is 247 g/mol. The number of nitrogens with zero attached hydrogens (tertiary/aromatic N) is 1. The molecule has 0 saturated heterocycles. The summed E-state index contributed by atoms with van der Waals surface area (Å²) in [5, 5.41) is 0. The van der Waals surface area contributed by atoms with Gasteiger partial charge in [-0.1, -0.05) is 6.07 Å². The number of hydrogen-bond donors (Lipinski definition) is 0. The van der Waals surface area contributed by atoms with Gasteiger partial charge >= 0.3 is 0 Å². The summed E-state index contributed by atoms with van der Waals surface area (Å²) in [7, 11) is 1.47. The zero-order chi connectivity index (χ0) is 9.90. The average molecular weight is 248 g/mol. The molecule has 0 spiro atoms. The number of aromatic nitrogens is 1. The zero-order valence-electron chi connectivity index (χ0n) is 7.55. The lowest BCUT2D eigenvalue weighted by Crippen LogP contribution is -2.23. The Balaban J connectivity index is 2.93. The van der Waals surface area contributed by atoms with E-state index in [0.717, 1.165) is 0 Å². The van der Waals surface area contributed by atoms with Crippen molar-refractivity contribution in [2.24, 2.45) is 0 Å². The first-order valence-electron chi connectivity index (χ1n) is 3.87. The van der Waals surface area contributed by atoms with Crippen LogP contribution in [0.3, 0.4) is 0 Å². The van der Waals surface area contributed by atoms with Crippen LogP contribution < -0.4 is 0 Å². The van der Waals surface area contributed by atoms with Crippen molar-refractivity contribution in [2.45, 2.75) is 12.6 Å². The van der Waals surface area contributed by atoms with Gasteiger partial charge in [-0.05, 0) is 35.0 Å². The maximum Gasteiger partial charge on any atom is 0.173 e. The fourth-order valence-electron chi connectivity index (χ4n) is 1.04. The van der Waals surface area contributed by atoms with E-state index in [1.54, 1.807) is 18.2 Å². The van der Waals surface area contributed by atoms with E-state index in [-0.39, 0.29) is 6.61 Å². The van der Waals surface area contributed by atoms with Crippen LogP contribution in [0.5, 0.6) is 0 Å². The minimum atomic E-state index is -1.53. The Hall–Kier alpha value is -0.480. The van der Waals surface area contributed by atoms with Gasteiger partial charge in [-0.25, -0.2) is 9.37 Å². The molecule has 0 amide bonds. The molecule has 1 heterocycles. The summed E-state index contributed by atoms with van der Waals surface area (Å²) < 4.78 is 19.2. The SMILES string of the molecule is COCC(C)(F)c1cccc(Br)n1. The third-order valence-corrected chi connectivity index (χ3v) is 2.11. The first kappa shape index (κ1) is 10.6. The molecule has 1 unspecified atom stereocenters. The Labute approximate surface area is 85.3 Å². The van der Waals surface area contributed by atoms with Gasteiger partial charge in [-0.2, -0.15) is 0 Å². The van der Waals surface area contributed by atoms with Crippen LogP contribution in [0, 0.1) is 0 Å². The molecule has 0 saturated carbocycles. The normalized spacial score (nSPS) is 15.4. The van der Waals surface area contributed by atoms with Crippen LogP contribution in [-0.4, -0.2) is 18.7 Å². The highest BCUT2D eigenvalue weighted by Crippen LogP contribution is 2.24. The molecule has 0 aromatic carbocycles. The number of pyridine rings is 1. The smallest absolute Gasteiger partial charge is 0.173 e. The van der Waals surface area contributed by atoms with Gasteiger partial charge in [0, 0.05) is 7.11 Å². The lowest BCUT2D eigenvalue weighted by Gasteiger charge is -2.18. The average Bonchev–Trinajstić information content (AvgIpc) is 2.04. The van der Waals surface area contributed by atoms with Crippen LogP contribution in [-0.2, 0) is 10.4 Å². The number of methoxy groups -OCH3 is 1. The Morgan fingerprint density at radius 1 is 1.62 bits per heavy atom. The van der Waals surface area contributed by atoms with Crippen LogP contribution in [0.25, 0.3) is 0 Å². The fourth-order valence-corrected chi connectivity index (χ4v) is 1.39. The molecule has 0 aliphatic carbocycles. The molecule has 13 heavy (non-hydrogen) atoms. The van der Waals surface area contributed by atoms with Crippen molar-refractivity contribution >= 4 is 15.9 Å². The predicted molar refractivity (Wildman–Crippen MR) is 52.3 cm³/mol. The Morgan fingerprint density at radius 2 is 2.31 bits per heavy atom. The van der Waals surface area contributed by atoms with Crippen molar-refractivity contribution in [3.05, 3.63) is 28.5 Å². The van der Waals surface area contributed by atoms with E-state index >= 15 is 0 Å². The lowest BCUT2D eigenvalue weighted by atomic mass is 10.1. The van der Waals surface area contributed by atoms with Gasteiger partial charge in [-0.3, -0.25) is 0 Å². The number of hydrogen-bond acceptors (Lipinski definition) is 2. The van der Waals surface area contributed by atoms with Crippen molar-refractivity contribution in [3.8, 4) is 0 Å². The van der Waals surface area contributed by atoms with Crippen molar-refractivity contribution < 1.29 is 9.13 Å². The fraction of sp³-hybridized carbons (Fsp3) is 0.444. The van der Waals surface area contributed by atoms with Crippen LogP contribution in [0.1, 0.15) is 12.6 Å². The second kappa shape index (κ2) is 4.15. The summed E-state index contributed by atoms with van der Waals surface area (Å²) in [6.07, 6.45) is 0.